The monoisotopic (exact) mass is 396 g/mol. The van der Waals surface area contributed by atoms with E-state index in [0.29, 0.717) is 11.3 Å². The fraction of sp³-hybridized carbons (Fsp3) is 0. The number of sulfonamides is 1. The van der Waals surface area contributed by atoms with Gasteiger partial charge in [-0.25, -0.2) is 0 Å². The van der Waals surface area contributed by atoms with E-state index in [1.807, 2.05) is 0 Å². The molecule has 142 valence electrons. The van der Waals surface area contributed by atoms with Crippen LogP contribution in [0.25, 0.3) is 0 Å². The predicted octanol–water partition coefficient (Wildman–Crippen LogP) is 3.35. The highest BCUT2D eigenvalue weighted by molar-refractivity contribution is 7.90. The van der Waals surface area contributed by atoms with E-state index in [-0.39, 0.29) is 16.4 Å². The van der Waals surface area contributed by atoms with Gasteiger partial charge in [0.25, 0.3) is 15.7 Å². The van der Waals surface area contributed by atoms with Crippen molar-refractivity contribution >= 4 is 27.2 Å². The molecule has 0 fully saturated rings. The fourth-order valence-corrected chi connectivity index (χ4v) is 3.30. The second-order valence-corrected chi connectivity index (χ2v) is 7.25. The molecule has 0 aliphatic carbocycles. The Labute approximate surface area is 161 Å². The summed E-state index contributed by atoms with van der Waals surface area (Å²) >= 11 is 0. The van der Waals surface area contributed by atoms with Crippen molar-refractivity contribution in [1.82, 2.24) is 5.43 Å². The molecular formula is C19H16N4O4S. The summed E-state index contributed by atoms with van der Waals surface area (Å²) in [7, 11) is -3.93. The summed E-state index contributed by atoms with van der Waals surface area (Å²) in [6, 6.07) is 22.3. The quantitative estimate of drug-likeness (QED) is 0.286. The summed E-state index contributed by atoms with van der Waals surface area (Å²) in [5.41, 5.74) is 6.60. The van der Waals surface area contributed by atoms with Crippen molar-refractivity contribution < 1.29 is 13.3 Å². The smallest absolute Gasteiger partial charge is 0.284 e. The van der Waals surface area contributed by atoms with Gasteiger partial charge in [-0.15, -0.1) is 4.40 Å². The van der Waals surface area contributed by atoms with Crippen LogP contribution in [0.4, 0.5) is 11.4 Å². The molecule has 0 spiro atoms. The summed E-state index contributed by atoms with van der Waals surface area (Å²) in [6.45, 7) is 0. The van der Waals surface area contributed by atoms with Crippen LogP contribution in [0.5, 0.6) is 0 Å². The highest BCUT2D eigenvalue weighted by atomic mass is 32.2. The molecule has 0 aliphatic rings. The minimum Gasteiger partial charge on any atom is -0.300 e. The molecule has 0 aliphatic heterocycles. The van der Waals surface area contributed by atoms with Crippen molar-refractivity contribution in [2.24, 2.45) is 4.40 Å². The van der Waals surface area contributed by atoms with E-state index in [9.17, 15) is 18.5 Å². The maximum Gasteiger partial charge on any atom is 0.284 e. The van der Waals surface area contributed by atoms with E-state index in [1.165, 1.54) is 36.4 Å². The Bertz CT molecular complexity index is 1080. The van der Waals surface area contributed by atoms with E-state index < -0.39 is 14.9 Å². The number of anilines is 1. The number of nitrogens with zero attached hydrogens (tertiary/aromatic N) is 2. The molecule has 0 saturated heterocycles. The maximum atomic E-state index is 12.6. The number of hydrogen-bond donors (Lipinski definition) is 2. The van der Waals surface area contributed by atoms with Gasteiger partial charge in [0.2, 0.25) is 0 Å². The SMILES string of the molecule is O=[N+]([O-])c1ccc(NN/C(=N/S(=O)(=O)c2ccccc2)c2ccccc2)cc1. The van der Waals surface area contributed by atoms with Gasteiger partial charge < -0.3 is 0 Å². The molecule has 3 rings (SSSR count). The van der Waals surface area contributed by atoms with E-state index in [0.717, 1.165) is 0 Å². The largest absolute Gasteiger partial charge is 0.300 e. The average Bonchev–Trinajstić information content (AvgIpc) is 2.72. The Kier molecular flexibility index (Phi) is 5.66. The van der Waals surface area contributed by atoms with E-state index in [4.69, 9.17) is 0 Å². The first-order valence-electron chi connectivity index (χ1n) is 8.18. The van der Waals surface area contributed by atoms with Crippen LogP contribution in [-0.4, -0.2) is 19.2 Å². The van der Waals surface area contributed by atoms with Crippen LogP contribution in [0.2, 0.25) is 0 Å². The molecule has 0 bridgehead atoms. The van der Waals surface area contributed by atoms with Gasteiger partial charge in [0.15, 0.2) is 5.84 Å². The molecular weight excluding hydrogens is 380 g/mol. The van der Waals surface area contributed by atoms with Gasteiger partial charge in [-0.3, -0.25) is 21.0 Å². The molecule has 3 aromatic carbocycles. The molecule has 0 saturated carbocycles. The van der Waals surface area contributed by atoms with Crippen molar-refractivity contribution in [3.63, 3.8) is 0 Å². The van der Waals surface area contributed by atoms with Crippen LogP contribution < -0.4 is 10.9 Å². The number of nitrogens with one attached hydrogen (secondary N) is 2. The second-order valence-electron chi connectivity index (χ2n) is 5.65. The number of nitro benzene ring substituents is 1. The van der Waals surface area contributed by atoms with Crippen molar-refractivity contribution in [3.05, 3.63) is 101 Å². The van der Waals surface area contributed by atoms with Gasteiger partial charge in [0.1, 0.15) is 0 Å². The van der Waals surface area contributed by atoms with Crippen molar-refractivity contribution in [2.45, 2.75) is 4.90 Å². The first kappa shape index (κ1) is 19.1. The molecule has 0 aromatic heterocycles. The summed E-state index contributed by atoms with van der Waals surface area (Å²) < 4.78 is 29.2. The third-order valence-corrected chi connectivity index (χ3v) is 4.99. The van der Waals surface area contributed by atoms with Gasteiger partial charge in [0.05, 0.1) is 15.5 Å². The van der Waals surface area contributed by atoms with Crippen molar-refractivity contribution in [3.8, 4) is 0 Å². The van der Waals surface area contributed by atoms with Gasteiger partial charge >= 0.3 is 0 Å². The normalized spacial score (nSPS) is 11.6. The molecule has 0 atom stereocenters. The number of hydrogen-bond acceptors (Lipinski definition) is 5. The minimum atomic E-state index is -3.93. The topological polar surface area (TPSA) is 114 Å². The van der Waals surface area contributed by atoms with Crippen LogP contribution in [0.1, 0.15) is 5.56 Å². The molecule has 3 aromatic rings. The van der Waals surface area contributed by atoms with Crippen LogP contribution in [-0.2, 0) is 10.0 Å². The molecule has 0 amide bonds. The minimum absolute atomic E-state index is 0.0471. The maximum absolute atomic E-state index is 12.6. The number of benzene rings is 3. The number of non-ortho nitro benzene ring substituents is 1. The lowest BCUT2D eigenvalue weighted by Gasteiger charge is -2.12. The zero-order valence-corrected chi connectivity index (χ0v) is 15.3. The Morgan fingerprint density at radius 3 is 2.00 bits per heavy atom. The summed E-state index contributed by atoms with van der Waals surface area (Å²) in [5, 5.41) is 10.7. The molecule has 2 N–H and O–H groups in total. The van der Waals surface area contributed by atoms with Gasteiger partial charge in [-0.2, -0.15) is 8.42 Å². The van der Waals surface area contributed by atoms with E-state index >= 15 is 0 Å². The lowest BCUT2D eigenvalue weighted by molar-refractivity contribution is -0.384. The third kappa shape index (κ3) is 4.71. The Morgan fingerprint density at radius 1 is 0.857 bits per heavy atom. The van der Waals surface area contributed by atoms with Crippen molar-refractivity contribution in [2.75, 3.05) is 5.43 Å². The molecule has 0 radical (unpaired) electrons. The highest BCUT2D eigenvalue weighted by Gasteiger charge is 2.15. The number of hydrazine groups is 1. The van der Waals surface area contributed by atoms with Crippen LogP contribution in [0.15, 0.2) is 94.2 Å². The number of rotatable bonds is 6. The second kappa shape index (κ2) is 8.31. The molecule has 8 nitrogen and oxygen atoms in total. The Morgan fingerprint density at radius 2 is 1.43 bits per heavy atom. The molecule has 9 heteroatoms. The van der Waals surface area contributed by atoms with Crippen LogP contribution >= 0.6 is 0 Å². The first-order chi connectivity index (χ1) is 13.5. The Balaban J connectivity index is 1.89. The zero-order valence-electron chi connectivity index (χ0n) is 14.5. The first-order valence-corrected chi connectivity index (χ1v) is 9.62. The lowest BCUT2D eigenvalue weighted by atomic mass is 10.2. The van der Waals surface area contributed by atoms with Gasteiger partial charge in [-0.1, -0.05) is 48.5 Å². The van der Waals surface area contributed by atoms with Crippen LogP contribution in [0, 0.1) is 10.1 Å². The third-order valence-electron chi connectivity index (χ3n) is 3.70. The van der Waals surface area contributed by atoms with Crippen LogP contribution in [0.3, 0.4) is 0 Å². The fourth-order valence-electron chi connectivity index (χ4n) is 2.31. The van der Waals surface area contributed by atoms with Crippen molar-refractivity contribution in [1.29, 1.82) is 0 Å². The zero-order chi connectivity index (χ0) is 20.0. The lowest BCUT2D eigenvalue weighted by Crippen LogP contribution is -2.31. The molecule has 0 unspecified atom stereocenters. The summed E-state index contributed by atoms with van der Waals surface area (Å²) in [5.74, 6) is 0.0859. The highest BCUT2D eigenvalue weighted by Crippen LogP contribution is 2.16. The average molecular weight is 396 g/mol. The summed E-state index contributed by atoms with van der Waals surface area (Å²) in [6.07, 6.45) is 0. The Hall–Kier alpha value is -3.72. The van der Waals surface area contributed by atoms with E-state index in [2.05, 4.69) is 15.2 Å². The van der Waals surface area contributed by atoms with Gasteiger partial charge in [-0.05, 0) is 24.3 Å². The summed E-state index contributed by atoms with van der Waals surface area (Å²) in [4.78, 5) is 10.3. The number of amidine groups is 1. The molecule has 28 heavy (non-hydrogen) atoms. The number of nitro groups is 1. The predicted molar refractivity (Wildman–Crippen MR) is 106 cm³/mol. The standard InChI is InChI=1S/C19H16N4O4S/c24-23(25)17-13-11-16(12-14-17)20-21-19(15-7-3-1-4-8-15)22-28(26,27)18-9-5-2-6-10-18/h1-14,20H,(H,21,22). The van der Waals surface area contributed by atoms with Gasteiger partial charge in [0, 0.05) is 17.7 Å². The van der Waals surface area contributed by atoms with E-state index in [1.54, 1.807) is 48.5 Å². The molecule has 0 heterocycles.